The molecule has 2 aromatic carbocycles. The number of hydrogen-bond acceptors (Lipinski definition) is 8. The van der Waals surface area contributed by atoms with E-state index in [0.29, 0.717) is 52.4 Å². The van der Waals surface area contributed by atoms with Crippen LogP contribution in [0.5, 0.6) is 0 Å². The number of thiophene rings is 1. The molecule has 0 radical (unpaired) electrons. The first-order valence-electron chi connectivity index (χ1n) is 18.4. The van der Waals surface area contributed by atoms with E-state index >= 15 is 0 Å². The molecule has 11 nitrogen and oxygen atoms in total. The number of fused-ring (bicyclic) bond motifs is 1. The Balaban J connectivity index is 1.21. The molecule has 1 fully saturated rings. The lowest BCUT2D eigenvalue weighted by Gasteiger charge is -2.32. The molecule has 13 heteroatoms. The zero-order chi connectivity index (χ0) is 37.6. The number of rotatable bonds is 17. The van der Waals surface area contributed by atoms with Gasteiger partial charge in [-0.25, -0.2) is 4.68 Å². The fraction of sp³-hybridized carbons (Fsp3) is 0.425. The van der Waals surface area contributed by atoms with Gasteiger partial charge in [0.05, 0.1) is 29.4 Å². The van der Waals surface area contributed by atoms with Gasteiger partial charge in [-0.1, -0.05) is 37.6 Å². The van der Waals surface area contributed by atoms with E-state index in [1.807, 2.05) is 30.3 Å². The number of carboxylic acids is 1. The number of likely N-dealkylation sites (N-methyl/N-ethyl adjacent to an activating group) is 1. The molecule has 0 bridgehead atoms. The number of carbonyl (C=O) groups is 4. The molecule has 3 heterocycles. The first kappa shape index (κ1) is 38.4. The van der Waals surface area contributed by atoms with Crippen molar-refractivity contribution in [2.75, 3.05) is 32.0 Å². The Morgan fingerprint density at radius 1 is 1.04 bits per heavy atom. The van der Waals surface area contributed by atoms with Gasteiger partial charge in [-0.2, -0.15) is 5.10 Å². The van der Waals surface area contributed by atoms with Crippen molar-refractivity contribution in [3.63, 3.8) is 0 Å². The summed E-state index contributed by atoms with van der Waals surface area (Å²) >= 11 is 7.58. The highest BCUT2D eigenvalue weighted by Crippen LogP contribution is 2.41. The number of aromatic nitrogens is 2. The highest BCUT2D eigenvalue weighted by Gasteiger charge is 2.35. The smallest absolute Gasteiger partial charge is 0.303 e. The molecule has 53 heavy (non-hydrogen) atoms. The number of anilines is 1. The van der Waals surface area contributed by atoms with Gasteiger partial charge in [0.1, 0.15) is 5.00 Å². The lowest BCUT2D eigenvalue weighted by atomic mass is 9.97. The Labute approximate surface area is 319 Å². The third-order valence-corrected chi connectivity index (χ3v) is 11.7. The molecule has 1 aliphatic heterocycles. The third kappa shape index (κ3) is 9.42. The summed E-state index contributed by atoms with van der Waals surface area (Å²) in [6.07, 6.45) is 8.07. The summed E-state index contributed by atoms with van der Waals surface area (Å²) in [7, 11) is 1.71. The van der Waals surface area contributed by atoms with Crippen LogP contribution >= 0.6 is 22.9 Å². The minimum atomic E-state index is -0.988. The number of nitrogens with zero attached hydrogens (tertiary/aromatic N) is 5. The second-order valence-electron chi connectivity index (χ2n) is 13.9. The van der Waals surface area contributed by atoms with Crippen molar-refractivity contribution in [3.8, 4) is 5.69 Å². The minimum Gasteiger partial charge on any atom is -0.481 e. The van der Waals surface area contributed by atoms with Crippen LogP contribution in [0.15, 0.2) is 60.9 Å². The predicted octanol–water partition coefficient (Wildman–Crippen LogP) is 6.90. The normalized spacial score (nSPS) is 14.4. The highest BCUT2D eigenvalue weighted by atomic mass is 35.5. The van der Waals surface area contributed by atoms with Crippen molar-refractivity contribution < 1.29 is 24.3 Å². The molecule has 6 rings (SSSR count). The van der Waals surface area contributed by atoms with E-state index in [2.05, 4.69) is 34.1 Å². The average molecular weight is 759 g/mol. The van der Waals surface area contributed by atoms with Gasteiger partial charge < -0.3 is 15.3 Å². The van der Waals surface area contributed by atoms with Crippen LogP contribution in [0.4, 0.5) is 5.00 Å². The van der Waals surface area contributed by atoms with Crippen molar-refractivity contribution in [2.45, 2.75) is 84.0 Å². The SMILES string of the molecule is CCC(CC)N(CCN(C)C(=O)CCC(=O)O)Cc1cccc(C(=O)Nc2sc3c(c2C(=O)c2cnn(-c4ccc(Cl)cc4)c2)CCN(C2CC2)C3)c1. The number of benzene rings is 2. The largest absolute Gasteiger partial charge is 0.481 e. The van der Waals surface area contributed by atoms with Crippen LogP contribution in [0.1, 0.15) is 94.7 Å². The molecule has 1 aliphatic carbocycles. The Hall–Kier alpha value is -4.36. The number of hydrogen-bond donors (Lipinski definition) is 2. The van der Waals surface area contributed by atoms with Crippen molar-refractivity contribution >= 4 is 51.5 Å². The van der Waals surface area contributed by atoms with Gasteiger partial charge in [-0.15, -0.1) is 11.3 Å². The van der Waals surface area contributed by atoms with E-state index in [-0.39, 0.29) is 36.5 Å². The van der Waals surface area contributed by atoms with Crippen LogP contribution in [-0.2, 0) is 29.1 Å². The summed E-state index contributed by atoms with van der Waals surface area (Å²) in [6, 6.07) is 15.7. The zero-order valence-electron chi connectivity index (χ0n) is 30.5. The summed E-state index contributed by atoms with van der Waals surface area (Å²) in [5.74, 6) is -1.63. The van der Waals surface area contributed by atoms with E-state index in [0.717, 1.165) is 54.0 Å². The van der Waals surface area contributed by atoms with Crippen LogP contribution in [0.25, 0.3) is 5.69 Å². The molecule has 2 aromatic heterocycles. The number of aliphatic carboxylic acids is 1. The second kappa shape index (κ2) is 17.2. The lowest BCUT2D eigenvalue weighted by molar-refractivity contribution is -0.140. The Morgan fingerprint density at radius 2 is 1.79 bits per heavy atom. The standard InChI is InChI=1S/C40H47ClN6O5S/c1-4-30(5-2)46(20-19-44(3)35(48)15-16-36(49)50)23-26-7-6-8-27(21-26)39(52)43-40-37(33-17-18-45(31-13-14-31)25-34(33)53-40)38(51)28-22-42-47(24-28)32-11-9-29(41)10-12-32/h6-12,21-22,24,30-31H,4-5,13-20,23,25H2,1-3H3,(H,43,52)(H,49,50). The molecule has 0 unspecified atom stereocenters. The van der Waals surface area contributed by atoms with E-state index in [9.17, 15) is 19.2 Å². The molecule has 4 aromatic rings. The first-order valence-corrected chi connectivity index (χ1v) is 19.6. The highest BCUT2D eigenvalue weighted by molar-refractivity contribution is 7.17. The fourth-order valence-corrected chi connectivity index (χ4v) is 8.44. The topological polar surface area (TPSA) is 128 Å². The van der Waals surface area contributed by atoms with Crippen LogP contribution in [-0.4, -0.2) is 91.9 Å². The van der Waals surface area contributed by atoms with Gasteiger partial charge >= 0.3 is 5.97 Å². The maximum absolute atomic E-state index is 14.3. The van der Waals surface area contributed by atoms with Gasteiger partial charge in [0.25, 0.3) is 5.91 Å². The van der Waals surface area contributed by atoms with Crippen LogP contribution in [0, 0.1) is 0 Å². The van der Waals surface area contributed by atoms with Crippen molar-refractivity contribution in [2.24, 2.45) is 0 Å². The van der Waals surface area contributed by atoms with Crippen molar-refractivity contribution in [1.29, 1.82) is 0 Å². The number of amides is 2. The van der Waals surface area contributed by atoms with Crippen LogP contribution in [0.3, 0.4) is 0 Å². The molecule has 2 aliphatic rings. The summed E-state index contributed by atoms with van der Waals surface area (Å²) in [4.78, 5) is 59.2. The molecule has 0 atom stereocenters. The second-order valence-corrected chi connectivity index (χ2v) is 15.5. The number of nitrogens with one attached hydrogen (secondary N) is 1. The number of ketones is 1. The fourth-order valence-electron chi connectivity index (χ4n) is 7.05. The van der Waals surface area contributed by atoms with Crippen molar-refractivity contribution in [1.82, 2.24) is 24.5 Å². The maximum Gasteiger partial charge on any atom is 0.303 e. The van der Waals surface area contributed by atoms with Crippen molar-refractivity contribution in [3.05, 3.63) is 98.6 Å². The van der Waals surface area contributed by atoms with E-state index in [4.69, 9.17) is 16.7 Å². The molecule has 280 valence electrons. The van der Waals surface area contributed by atoms with E-state index in [1.54, 1.807) is 47.2 Å². The summed E-state index contributed by atoms with van der Waals surface area (Å²) in [5, 5.41) is 17.7. The summed E-state index contributed by atoms with van der Waals surface area (Å²) in [6.45, 7) is 7.58. The van der Waals surface area contributed by atoms with Crippen LogP contribution in [0.2, 0.25) is 5.02 Å². The van der Waals surface area contributed by atoms with Gasteiger partial charge in [-0.3, -0.25) is 29.0 Å². The lowest BCUT2D eigenvalue weighted by Crippen LogP contribution is -2.41. The van der Waals surface area contributed by atoms with Gasteiger partial charge in [-0.05, 0) is 79.6 Å². The molecular weight excluding hydrogens is 712 g/mol. The summed E-state index contributed by atoms with van der Waals surface area (Å²) in [5.41, 5.74) is 4.23. The predicted molar refractivity (Wildman–Crippen MR) is 207 cm³/mol. The van der Waals surface area contributed by atoms with Gasteiger partial charge in [0.15, 0.2) is 5.78 Å². The number of halogens is 1. The summed E-state index contributed by atoms with van der Waals surface area (Å²) < 4.78 is 1.65. The maximum atomic E-state index is 14.3. The third-order valence-electron chi connectivity index (χ3n) is 10.3. The molecule has 2 amide bonds. The monoisotopic (exact) mass is 758 g/mol. The number of carboxylic acid groups (broad SMARTS) is 1. The zero-order valence-corrected chi connectivity index (χ0v) is 32.1. The van der Waals surface area contributed by atoms with Gasteiger partial charge in [0, 0.05) is 79.9 Å². The van der Waals surface area contributed by atoms with Gasteiger partial charge in [0.2, 0.25) is 5.91 Å². The Morgan fingerprint density at radius 3 is 2.49 bits per heavy atom. The minimum absolute atomic E-state index is 0.0275. The molecular formula is C40H47ClN6O5S. The molecule has 1 saturated carbocycles. The Bertz CT molecular complexity index is 1950. The van der Waals surface area contributed by atoms with Crippen LogP contribution < -0.4 is 5.32 Å². The first-order chi connectivity index (χ1) is 25.5. The van der Waals surface area contributed by atoms with E-state index in [1.165, 1.54) is 24.2 Å². The van der Waals surface area contributed by atoms with E-state index < -0.39 is 5.97 Å². The molecule has 0 saturated heterocycles. The quantitative estimate of drug-likeness (QED) is 0.111. The Kier molecular flexibility index (Phi) is 12.4. The average Bonchev–Trinajstić information content (AvgIpc) is 3.78. The number of carbonyl (C=O) groups excluding carboxylic acids is 3. The molecule has 0 spiro atoms. The molecule has 2 N–H and O–H groups in total.